The molecule has 0 atom stereocenters. The van der Waals surface area contributed by atoms with Gasteiger partial charge < -0.3 is 15.5 Å². The Morgan fingerprint density at radius 2 is 2.25 bits per heavy atom. The molecule has 5 nitrogen and oxygen atoms in total. The van der Waals surface area contributed by atoms with Crippen LogP contribution in [0.3, 0.4) is 0 Å². The summed E-state index contributed by atoms with van der Waals surface area (Å²) in [4.78, 5) is 11.3. The molecule has 20 heavy (non-hydrogen) atoms. The van der Waals surface area contributed by atoms with Crippen LogP contribution in [-0.4, -0.2) is 54.5 Å². The summed E-state index contributed by atoms with van der Waals surface area (Å²) in [6.07, 6.45) is 5.97. The van der Waals surface area contributed by atoms with Crippen LogP contribution in [0, 0.1) is 0 Å². The monoisotopic (exact) mass is 273 g/mol. The van der Waals surface area contributed by atoms with E-state index in [1.54, 1.807) is 0 Å². The fourth-order valence-electron chi connectivity index (χ4n) is 3.03. The van der Waals surface area contributed by atoms with Crippen molar-refractivity contribution in [2.24, 2.45) is 4.99 Å². The molecule has 3 rings (SSSR count). The second kappa shape index (κ2) is 5.89. The van der Waals surface area contributed by atoms with Crippen LogP contribution < -0.4 is 10.6 Å². The van der Waals surface area contributed by atoms with Crippen LogP contribution in [0.15, 0.2) is 29.5 Å². The Bertz CT molecular complexity index is 462. The third-order valence-electron chi connectivity index (χ3n) is 4.32. The van der Waals surface area contributed by atoms with Gasteiger partial charge >= 0.3 is 0 Å². The molecule has 1 spiro atoms. The molecule has 0 amide bonds. The standard InChI is InChI=1S/C15H23N5/c1-20-9-4-15(5-10-20)14(17-7-8-19-15)18-12-13-3-2-6-16-11-13/h2-3,6,11,19H,4-5,7-10,12H2,1H3,(H,17,18). The quantitative estimate of drug-likeness (QED) is 0.830. The maximum atomic E-state index is 4.75. The average Bonchev–Trinajstić information content (AvgIpc) is 2.51. The molecule has 108 valence electrons. The number of likely N-dealkylation sites (tertiary alicyclic amines) is 1. The average molecular weight is 273 g/mol. The van der Waals surface area contributed by atoms with Crippen LogP contribution in [-0.2, 0) is 6.54 Å². The fraction of sp³-hybridized carbons (Fsp3) is 0.600. The first-order valence-corrected chi connectivity index (χ1v) is 7.40. The van der Waals surface area contributed by atoms with E-state index in [-0.39, 0.29) is 5.54 Å². The molecule has 0 bridgehead atoms. The van der Waals surface area contributed by atoms with Crippen molar-refractivity contribution < 1.29 is 0 Å². The van der Waals surface area contributed by atoms with Gasteiger partial charge in [-0.1, -0.05) is 6.07 Å². The van der Waals surface area contributed by atoms with Gasteiger partial charge in [-0.25, -0.2) is 0 Å². The smallest absolute Gasteiger partial charge is 0.117 e. The molecule has 1 aromatic heterocycles. The van der Waals surface area contributed by atoms with Crippen molar-refractivity contribution >= 4 is 5.84 Å². The third kappa shape index (κ3) is 2.83. The van der Waals surface area contributed by atoms with E-state index in [4.69, 9.17) is 4.99 Å². The van der Waals surface area contributed by atoms with Crippen LogP contribution in [0.1, 0.15) is 18.4 Å². The molecule has 2 aliphatic heterocycles. The summed E-state index contributed by atoms with van der Waals surface area (Å²) in [6, 6.07) is 4.07. The molecule has 2 aliphatic rings. The van der Waals surface area contributed by atoms with Gasteiger partial charge in [0.25, 0.3) is 0 Å². The van der Waals surface area contributed by atoms with Gasteiger partial charge in [0.15, 0.2) is 0 Å². The van der Waals surface area contributed by atoms with Crippen molar-refractivity contribution in [1.82, 2.24) is 20.5 Å². The summed E-state index contributed by atoms with van der Waals surface area (Å²) in [5.41, 5.74) is 1.26. The minimum atomic E-state index is 0.0625. The minimum Gasteiger partial charge on any atom is -0.368 e. The minimum absolute atomic E-state index is 0.0625. The van der Waals surface area contributed by atoms with E-state index < -0.39 is 0 Å². The normalized spacial score (nSPS) is 22.6. The van der Waals surface area contributed by atoms with Crippen LogP contribution in [0.25, 0.3) is 0 Å². The van der Waals surface area contributed by atoms with Gasteiger partial charge in [-0.15, -0.1) is 0 Å². The number of hydrogen-bond acceptors (Lipinski definition) is 5. The van der Waals surface area contributed by atoms with Crippen molar-refractivity contribution in [3.05, 3.63) is 30.1 Å². The molecule has 3 heterocycles. The molecule has 1 aromatic rings. The zero-order valence-electron chi connectivity index (χ0n) is 12.1. The highest BCUT2D eigenvalue weighted by Gasteiger charge is 2.39. The number of piperidine rings is 1. The lowest BCUT2D eigenvalue weighted by Crippen LogP contribution is -2.63. The molecule has 0 aliphatic carbocycles. The Kier molecular flexibility index (Phi) is 3.98. The molecule has 0 radical (unpaired) electrons. The Morgan fingerprint density at radius 3 is 3.00 bits per heavy atom. The van der Waals surface area contributed by atoms with Crippen molar-refractivity contribution in [1.29, 1.82) is 0 Å². The van der Waals surface area contributed by atoms with E-state index in [0.29, 0.717) is 0 Å². The van der Waals surface area contributed by atoms with Crippen LogP contribution in [0.5, 0.6) is 0 Å². The number of rotatable bonds is 2. The van der Waals surface area contributed by atoms with Gasteiger partial charge in [-0.05, 0) is 31.5 Å². The van der Waals surface area contributed by atoms with Gasteiger partial charge in [0.2, 0.25) is 0 Å². The maximum Gasteiger partial charge on any atom is 0.117 e. The zero-order valence-corrected chi connectivity index (χ0v) is 12.1. The second-order valence-electron chi connectivity index (χ2n) is 5.76. The summed E-state index contributed by atoms with van der Waals surface area (Å²) >= 11 is 0. The molecule has 2 N–H and O–H groups in total. The fourth-order valence-corrected chi connectivity index (χ4v) is 3.03. The third-order valence-corrected chi connectivity index (χ3v) is 4.32. The first-order valence-electron chi connectivity index (χ1n) is 7.40. The first-order chi connectivity index (χ1) is 9.78. The molecule has 1 fully saturated rings. The van der Waals surface area contributed by atoms with E-state index in [1.165, 1.54) is 5.56 Å². The Hall–Kier alpha value is -1.46. The summed E-state index contributed by atoms with van der Waals surface area (Å²) in [5, 5.41) is 7.25. The number of aliphatic imine (C=N–C) groups is 1. The van der Waals surface area contributed by atoms with Gasteiger partial charge in [-0.2, -0.15) is 0 Å². The summed E-state index contributed by atoms with van der Waals surface area (Å²) < 4.78 is 0. The molecule has 0 unspecified atom stereocenters. The highest BCUT2D eigenvalue weighted by Crippen LogP contribution is 2.24. The summed E-state index contributed by atoms with van der Waals surface area (Å²) in [6.45, 7) is 4.90. The second-order valence-corrected chi connectivity index (χ2v) is 5.76. The molecular weight excluding hydrogens is 250 g/mol. The summed E-state index contributed by atoms with van der Waals surface area (Å²) in [7, 11) is 2.19. The van der Waals surface area contributed by atoms with Crippen molar-refractivity contribution in [3.63, 3.8) is 0 Å². The van der Waals surface area contributed by atoms with E-state index >= 15 is 0 Å². The highest BCUT2D eigenvalue weighted by molar-refractivity contribution is 5.92. The van der Waals surface area contributed by atoms with Crippen LogP contribution in [0.4, 0.5) is 0 Å². The molecule has 1 saturated heterocycles. The lowest BCUT2D eigenvalue weighted by molar-refractivity contribution is 0.197. The number of amidine groups is 1. The largest absolute Gasteiger partial charge is 0.368 e. The Morgan fingerprint density at radius 1 is 1.40 bits per heavy atom. The zero-order chi connectivity index (χ0) is 13.8. The van der Waals surface area contributed by atoms with Crippen molar-refractivity contribution in [2.45, 2.75) is 24.9 Å². The van der Waals surface area contributed by atoms with Crippen LogP contribution in [0.2, 0.25) is 0 Å². The molecule has 0 aromatic carbocycles. The molecule has 5 heteroatoms. The lowest BCUT2D eigenvalue weighted by atomic mass is 9.85. The molecular formula is C15H23N5. The van der Waals surface area contributed by atoms with Gasteiger partial charge in [-0.3, -0.25) is 9.98 Å². The number of pyridine rings is 1. The van der Waals surface area contributed by atoms with Crippen molar-refractivity contribution in [2.75, 3.05) is 33.2 Å². The van der Waals surface area contributed by atoms with Gasteiger partial charge in [0.1, 0.15) is 5.84 Å². The summed E-state index contributed by atoms with van der Waals surface area (Å²) in [5.74, 6) is 1.14. The molecule has 0 saturated carbocycles. The number of aromatic nitrogens is 1. The predicted octanol–water partition coefficient (Wildman–Crippen LogP) is 0.637. The van der Waals surface area contributed by atoms with Crippen LogP contribution >= 0.6 is 0 Å². The van der Waals surface area contributed by atoms with E-state index in [1.807, 2.05) is 18.5 Å². The topological polar surface area (TPSA) is 52.5 Å². The number of hydrogen-bond donors (Lipinski definition) is 2. The van der Waals surface area contributed by atoms with E-state index in [2.05, 4.69) is 33.6 Å². The highest BCUT2D eigenvalue weighted by atomic mass is 15.2. The number of nitrogens with zero attached hydrogens (tertiary/aromatic N) is 3. The SMILES string of the molecule is CN1CCC2(CC1)NCCN=C2NCc1cccnc1. The Labute approximate surface area is 120 Å². The van der Waals surface area contributed by atoms with E-state index in [0.717, 1.165) is 51.4 Å². The lowest BCUT2D eigenvalue weighted by Gasteiger charge is -2.44. The Balaban J connectivity index is 1.68. The maximum absolute atomic E-state index is 4.75. The van der Waals surface area contributed by atoms with Gasteiger partial charge in [0.05, 0.1) is 12.1 Å². The van der Waals surface area contributed by atoms with E-state index in [9.17, 15) is 0 Å². The first kappa shape index (κ1) is 13.5. The van der Waals surface area contributed by atoms with Gasteiger partial charge in [0, 0.05) is 38.6 Å². The predicted molar refractivity (Wildman–Crippen MR) is 80.8 cm³/mol. The van der Waals surface area contributed by atoms with Crippen molar-refractivity contribution in [3.8, 4) is 0 Å². The number of nitrogens with one attached hydrogen (secondary N) is 2.